The molecule has 0 aromatic heterocycles. The van der Waals surface area contributed by atoms with Crippen molar-refractivity contribution in [2.24, 2.45) is 5.92 Å². The fourth-order valence-electron chi connectivity index (χ4n) is 3.06. The van der Waals surface area contributed by atoms with Crippen molar-refractivity contribution < 1.29 is 19.4 Å². The van der Waals surface area contributed by atoms with Gasteiger partial charge in [0, 0.05) is 19.0 Å². The minimum Gasteiger partial charge on any atom is -0.507 e. The van der Waals surface area contributed by atoms with E-state index in [2.05, 4.69) is 0 Å². The number of hydrogen-bond donors (Lipinski definition) is 1. The smallest absolute Gasteiger partial charge is 0.257 e. The average molecular weight is 291 g/mol. The first-order valence-corrected chi connectivity index (χ1v) is 7.47. The predicted octanol–water partition coefficient (Wildman–Crippen LogP) is 1.93. The van der Waals surface area contributed by atoms with Crippen molar-refractivity contribution in [3.63, 3.8) is 0 Å². The molecule has 1 aromatic rings. The van der Waals surface area contributed by atoms with Crippen LogP contribution in [0.5, 0.6) is 5.75 Å². The number of phenolic OH excluding ortho intramolecular Hbond substituents is 1. The number of hydrogen-bond acceptors (Lipinski definition) is 4. The van der Waals surface area contributed by atoms with Crippen molar-refractivity contribution in [1.29, 1.82) is 0 Å². The molecule has 2 fully saturated rings. The molecule has 0 aliphatic carbocycles. The van der Waals surface area contributed by atoms with Crippen LogP contribution < -0.4 is 0 Å². The Hall–Kier alpha value is -1.59. The van der Waals surface area contributed by atoms with E-state index in [0.717, 1.165) is 24.9 Å². The highest BCUT2D eigenvalue weighted by Crippen LogP contribution is 2.27. The number of rotatable bonds is 2. The lowest BCUT2D eigenvalue weighted by Gasteiger charge is -2.34. The molecule has 5 heteroatoms. The highest BCUT2D eigenvalue weighted by atomic mass is 16.7. The number of ether oxygens (including phenoxy) is 2. The summed E-state index contributed by atoms with van der Waals surface area (Å²) in [5, 5.41) is 9.92. The molecule has 0 bridgehead atoms. The van der Waals surface area contributed by atoms with Crippen LogP contribution in [0.3, 0.4) is 0 Å². The van der Waals surface area contributed by atoms with Crippen molar-refractivity contribution in [3.05, 3.63) is 29.3 Å². The molecule has 2 heterocycles. The summed E-state index contributed by atoms with van der Waals surface area (Å²) < 4.78 is 11.1. The van der Waals surface area contributed by atoms with E-state index >= 15 is 0 Å². The molecular formula is C16H21NO4. The maximum atomic E-state index is 12.6. The molecule has 1 aromatic carbocycles. The number of phenols is 1. The van der Waals surface area contributed by atoms with E-state index in [1.807, 2.05) is 6.92 Å². The van der Waals surface area contributed by atoms with E-state index in [4.69, 9.17) is 9.47 Å². The van der Waals surface area contributed by atoms with E-state index in [9.17, 15) is 9.90 Å². The number of amides is 1. The van der Waals surface area contributed by atoms with Gasteiger partial charge in [-0.25, -0.2) is 0 Å². The van der Waals surface area contributed by atoms with Gasteiger partial charge >= 0.3 is 0 Å². The van der Waals surface area contributed by atoms with Crippen LogP contribution in [0.15, 0.2) is 18.2 Å². The second-order valence-corrected chi connectivity index (χ2v) is 5.78. The monoisotopic (exact) mass is 291 g/mol. The molecule has 2 saturated heterocycles. The summed E-state index contributed by atoms with van der Waals surface area (Å²) in [5.74, 6) is 0.150. The van der Waals surface area contributed by atoms with Crippen LogP contribution in [-0.2, 0) is 9.47 Å². The number of nitrogens with zero attached hydrogens (tertiary/aromatic N) is 1. The standard InChI is InChI=1S/C16H21NO4/c1-11-4-5-14(18)13(9-11)15(19)17-6-2-3-12(10-17)16-20-7-8-21-16/h4-5,9,12,16,18H,2-3,6-8,10H2,1H3/t12-/m1/s1. The van der Waals surface area contributed by atoms with E-state index in [1.54, 1.807) is 23.1 Å². The molecule has 3 rings (SSSR count). The molecule has 2 aliphatic heterocycles. The zero-order valence-electron chi connectivity index (χ0n) is 12.2. The Morgan fingerprint density at radius 3 is 2.86 bits per heavy atom. The summed E-state index contributed by atoms with van der Waals surface area (Å²) in [4.78, 5) is 14.4. The van der Waals surface area contributed by atoms with Crippen LogP contribution in [0, 0.1) is 12.8 Å². The van der Waals surface area contributed by atoms with Crippen molar-refractivity contribution in [2.75, 3.05) is 26.3 Å². The predicted molar refractivity (Wildman–Crippen MR) is 77.2 cm³/mol. The molecule has 1 atom stereocenters. The summed E-state index contributed by atoms with van der Waals surface area (Å²) in [7, 11) is 0. The summed E-state index contributed by atoms with van der Waals surface area (Å²) in [6.07, 6.45) is 1.76. The molecule has 0 unspecified atom stereocenters. The number of aryl methyl sites for hydroxylation is 1. The van der Waals surface area contributed by atoms with Gasteiger partial charge in [-0.3, -0.25) is 4.79 Å². The molecule has 1 N–H and O–H groups in total. The van der Waals surface area contributed by atoms with Gasteiger partial charge < -0.3 is 19.5 Å². The SMILES string of the molecule is Cc1ccc(O)c(C(=O)N2CCC[C@@H](C3OCCO3)C2)c1. The topological polar surface area (TPSA) is 59.0 Å². The van der Waals surface area contributed by atoms with Gasteiger partial charge in [-0.15, -0.1) is 0 Å². The van der Waals surface area contributed by atoms with Gasteiger partial charge in [0.25, 0.3) is 5.91 Å². The molecule has 5 nitrogen and oxygen atoms in total. The highest BCUT2D eigenvalue weighted by Gasteiger charge is 2.33. The number of carbonyl (C=O) groups excluding carboxylic acids is 1. The van der Waals surface area contributed by atoms with Gasteiger partial charge in [-0.1, -0.05) is 11.6 Å². The first-order valence-electron chi connectivity index (χ1n) is 7.47. The minimum atomic E-state index is -0.188. The summed E-state index contributed by atoms with van der Waals surface area (Å²) in [5.41, 5.74) is 1.34. The molecule has 0 spiro atoms. The van der Waals surface area contributed by atoms with Gasteiger partial charge in [0.05, 0.1) is 18.8 Å². The number of aromatic hydroxyl groups is 1. The maximum absolute atomic E-state index is 12.6. The second-order valence-electron chi connectivity index (χ2n) is 5.78. The van der Waals surface area contributed by atoms with Crippen LogP contribution >= 0.6 is 0 Å². The number of carbonyl (C=O) groups is 1. The molecule has 1 amide bonds. The van der Waals surface area contributed by atoms with E-state index < -0.39 is 0 Å². The van der Waals surface area contributed by atoms with E-state index in [1.165, 1.54) is 0 Å². The molecule has 21 heavy (non-hydrogen) atoms. The van der Waals surface area contributed by atoms with Gasteiger partial charge in [0.15, 0.2) is 6.29 Å². The van der Waals surface area contributed by atoms with E-state index in [0.29, 0.717) is 25.3 Å². The van der Waals surface area contributed by atoms with Gasteiger partial charge in [-0.05, 0) is 31.9 Å². The first kappa shape index (κ1) is 14.4. The molecular weight excluding hydrogens is 270 g/mol. The van der Waals surface area contributed by atoms with Crippen molar-refractivity contribution in [2.45, 2.75) is 26.1 Å². The first-order chi connectivity index (χ1) is 10.1. The Bertz CT molecular complexity index is 525. The molecule has 0 saturated carbocycles. The van der Waals surface area contributed by atoms with Gasteiger partial charge in [0.1, 0.15) is 5.75 Å². The Kier molecular flexibility index (Phi) is 4.12. The maximum Gasteiger partial charge on any atom is 0.257 e. The van der Waals surface area contributed by atoms with Crippen molar-refractivity contribution in [1.82, 2.24) is 4.90 Å². The third-order valence-corrected chi connectivity index (χ3v) is 4.16. The number of benzene rings is 1. The van der Waals surface area contributed by atoms with Crippen molar-refractivity contribution >= 4 is 5.91 Å². The summed E-state index contributed by atoms with van der Waals surface area (Å²) in [6.45, 7) is 4.52. The van der Waals surface area contributed by atoms with Crippen molar-refractivity contribution in [3.8, 4) is 5.75 Å². The average Bonchev–Trinajstić information content (AvgIpc) is 3.03. The normalized spacial score (nSPS) is 23.5. The lowest BCUT2D eigenvalue weighted by molar-refractivity contribution is -0.0969. The van der Waals surface area contributed by atoms with Crippen LogP contribution in [-0.4, -0.2) is 48.5 Å². The Morgan fingerprint density at radius 1 is 1.33 bits per heavy atom. The Morgan fingerprint density at radius 2 is 2.10 bits per heavy atom. The summed E-state index contributed by atoms with van der Waals surface area (Å²) >= 11 is 0. The highest BCUT2D eigenvalue weighted by molar-refractivity contribution is 5.97. The zero-order chi connectivity index (χ0) is 14.8. The molecule has 114 valence electrons. The molecule has 0 radical (unpaired) electrons. The quantitative estimate of drug-likeness (QED) is 0.904. The van der Waals surface area contributed by atoms with Crippen LogP contribution in [0.25, 0.3) is 0 Å². The van der Waals surface area contributed by atoms with Crippen LogP contribution in [0.2, 0.25) is 0 Å². The van der Waals surface area contributed by atoms with Crippen LogP contribution in [0.1, 0.15) is 28.8 Å². The zero-order valence-corrected chi connectivity index (χ0v) is 12.2. The molecule has 2 aliphatic rings. The lowest BCUT2D eigenvalue weighted by atomic mass is 9.96. The number of likely N-dealkylation sites (tertiary alicyclic amines) is 1. The van der Waals surface area contributed by atoms with Gasteiger partial charge in [-0.2, -0.15) is 0 Å². The number of piperidine rings is 1. The lowest BCUT2D eigenvalue weighted by Crippen LogP contribution is -2.43. The fraction of sp³-hybridized carbons (Fsp3) is 0.562. The Balaban J connectivity index is 1.73. The fourth-order valence-corrected chi connectivity index (χ4v) is 3.06. The minimum absolute atomic E-state index is 0.0427. The second kappa shape index (κ2) is 6.03. The third kappa shape index (κ3) is 3.04. The van der Waals surface area contributed by atoms with E-state index in [-0.39, 0.29) is 23.9 Å². The summed E-state index contributed by atoms with van der Waals surface area (Å²) in [6, 6.07) is 5.11. The largest absolute Gasteiger partial charge is 0.507 e. The van der Waals surface area contributed by atoms with Gasteiger partial charge in [0.2, 0.25) is 0 Å². The van der Waals surface area contributed by atoms with Crippen LogP contribution in [0.4, 0.5) is 0 Å². The third-order valence-electron chi connectivity index (χ3n) is 4.16. The Labute approximate surface area is 124 Å².